The van der Waals surface area contributed by atoms with E-state index in [0.717, 1.165) is 0 Å². The summed E-state index contributed by atoms with van der Waals surface area (Å²) in [7, 11) is 0. The fourth-order valence-electron chi connectivity index (χ4n) is 3.39. The summed E-state index contributed by atoms with van der Waals surface area (Å²) in [5.41, 5.74) is 7.92. The molecule has 0 amide bonds. The highest BCUT2D eigenvalue weighted by molar-refractivity contribution is 5.72. The van der Waals surface area contributed by atoms with Gasteiger partial charge in [0.25, 0.3) is 5.56 Å². The number of rotatable bonds is 4. The third-order valence-corrected chi connectivity index (χ3v) is 4.84. The average Bonchev–Trinajstić information content (AvgIpc) is 2.75. The first kappa shape index (κ1) is 19.1. The summed E-state index contributed by atoms with van der Waals surface area (Å²) >= 11 is 0. The van der Waals surface area contributed by atoms with Crippen LogP contribution in [0, 0.1) is 17.1 Å². The summed E-state index contributed by atoms with van der Waals surface area (Å²) in [5.74, 6) is -0.159. The van der Waals surface area contributed by atoms with E-state index in [0.29, 0.717) is 22.2 Å². The van der Waals surface area contributed by atoms with Crippen LogP contribution in [-0.4, -0.2) is 14.4 Å². The maximum atomic E-state index is 13.8. The maximum absolute atomic E-state index is 13.8. The first-order valence-electron chi connectivity index (χ1n) is 9.17. The number of nitrogen functional groups attached to an aromatic ring is 1. The molecule has 0 radical (unpaired) electrons. The molecule has 0 aliphatic carbocycles. The van der Waals surface area contributed by atoms with Crippen molar-refractivity contribution in [1.82, 2.24) is 14.4 Å². The maximum Gasteiger partial charge on any atom is 0.263 e. The molecule has 0 bridgehead atoms. The van der Waals surface area contributed by atoms with Crippen molar-refractivity contribution in [2.75, 3.05) is 11.1 Å². The molecule has 0 aliphatic heterocycles. The van der Waals surface area contributed by atoms with Gasteiger partial charge in [0.1, 0.15) is 35.4 Å². The minimum absolute atomic E-state index is 0.0690. The number of halogens is 1. The Bertz CT molecular complexity index is 1340. The average molecular weight is 400 g/mol. The van der Waals surface area contributed by atoms with Crippen molar-refractivity contribution < 1.29 is 4.39 Å². The number of benzene rings is 1. The standard InChI is InChI=1S/C22H17FN6O/c1-13(28-21-18(10-24)20(25)26-12-27-21)17-9-16-8-7-15(23)11-29(16)22(30)19(17)14-5-3-2-4-6-14/h2-9,11-13H,1H3,(H3,25,26,27,28)/t13-/m1/s1. The van der Waals surface area contributed by atoms with Crippen molar-refractivity contribution >= 4 is 17.2 Å². The Morgan fingerprint density at radius 1 is 1.20 bits per heavy atom. The quantitative estimate of drug-likeness (QED) is 0.542. The minimum atomic E-state index is -0.502. The van der Waals surface area contributed by atoms with Crippen molar-refractivity contribution in [2.24, 2.45) is 0 Å². The molecule has 0 fully saturated rings. The molecule has 0 unspecified atom stereocenters. The van der Waals surface area contributed by atoms with Gasteiger partial charge in [0, 0.05) is 11.7 Å². The summed E-state index contributed by atoms with van der Waals surface area (Å²) in [6, 6.07) is 15.4. The normalized spacial score (nSPS) is 11.8. The van der Waals surface area contributed by atoms with Gasteiger partial charge in [0.05, 0.1) is 11.6 Å². The molecule has 4 rings (SSSR count). The number of hydrogen-bond donors (Lipinski definition) is 2. The van der Waals surface area contributed by atoms with Crippen LogP contribution < -0.4 is 16.6 Å². The number of aromatic nitrogens is 3. The molecule has 0 saturated heterocycles. The van der Waals surface area contributed by atoms with Crippen LogP contribution in [0.2, 0.25) is 0 Å². The molecular weight excluding hydrogens is 383 g/mol. The van der Waals surface area contributed by atoms with E-state index in [1.54, 1.807) is 6.07 Å². The van der Waals surface area contributed by atoms with Crippen LogP contribution in [0.1, 0.15) is 24.1 Å². The Morgan fingerprint density at radius 2 is 1.97 bits per heavy atom. The third kappa shape index (κ3) is 3.33. The number of pyridine rings is 2. The van der Waals surface area contributed by atoms with Crippen LogP contribution in [0.4, 0.5) is 16.0 Å². The zero-order valence-electron chi connectivity index (χ0n) is 16.0. The van der Waals surface area contributed by atoms with Gasteiger partial charge < -0.3 is 11.1 Å². The monoisotopic (exact) mass is 400 g/mol. The topological polar surface area (TPSA) is 109 Å². The van der Waals surface area contributed by atoms with E-state index in [9.17, 15) is 14.4 Å². The second kappa shape index (κ2) is 7.64. The Morgan fingerprint density at radius 3 is 2.70 bits per heavy atom. The largest absolute Gasteiger partial charge is 0.382 e. The fourth-order valence-corrected chi connectivity index (χ4v) is 3.39. The Kier molecular flexibility index (Phi) is 4.86. The number of anilines is 2. The molecule has 1 atom stereocenters. The number of nitrogens with one attached hydrogen (secondary N) is 1. The van der Waals surface area contributed by atoms with Crippen LogP contribution in [0.5, 0.6) is 0 Å². The van der Waals surface area contributed by atoms with Crippen molar-refractivity contribution in [3.05, 3.63) is 88.4 Å². The highest BCUT2D eigenvalue weighted by Crippen LogP contribution is 2.29. The van der Waals surface area contributed by atoms with Crippen LogP contribution in [-0.2, 0) is 0 Å². The van der Waals surface area contributed by atoms with E-state index in [4.69, 9.17) is 5.73 Å². The zero-order chi connectivity index (χ0) is 21.3. The van der Waals surface area contributed by atoms with Crippen molar-refractivity contribution in [1.29, 1.82) is 5.26 Å². The zero-order valence-corrected chi connectivity index (χ0v) is 16.0. The molecule has 0 saturated carbocycles. The van der Waals surface area contributed by atoms with E-state index < -0.39 is 11.9 Å². The number of hydrogen-bond acceptors (Lipinski definition) is 6. The lowest BCUT2D eigenvalue weighted by Crippen LogP contribution is -2.21. The van der Waals surface area contributed by atoms with Crippen molar-refractivity contribution in [3.63, 3.8) is 0 Å². The summed E-state index contributed by atoms with van der Waals surface area (Å²) in [6.45, 7) is 1.85. The molecule has 148 valence electrons. The van der Waals surface area contributed by atoms with E-state index >= 15 is 0 Å². The molecular formula is C22H17FN6O. The van der Waals surface area contributed by atoms with Gasteiger partial charge >= 0.3 is 0 Å². The molecule has 30 heavy (non-hydrogen) atoms. The van der Waals surface area contributed by atoms with Crippen LogP contribution >= 0.6 is 0 Å². The number of fused-ring (bicyclic) bond motifs is 1. The number of nitrogens with two attached hydrogens (primary N) is 1. The molecule has 3 N–H and O–H groups in total. The first-order chi connectivity index (χ1) is 14.5. The predicted molar refractivity (Wildman–Crippen MR) is 112 cm³/mol. The molecule has 7 nitrogen and oxygen atoms in total. The smallest absolute Gasteiger partial charge is 0.263 e. The number of nitriles is 1. The Labute approximate surface area is 171 Å². The van der Waals surface area contributed by atoms with Gasteiger partial charge in [0.15, 0.2) is 0 Å². The fraction of sp³-hybridized carbons (Fsp3) is 0.0909. The summed E-state index contributed by atoms with van der Waals surface area (Å²) in [6.07, 6.45) is 2.44. The van der Waals surface area contributed by atoms with Gasteiger partial charge in [-0.15, -0.1) is 0 Å². The summed E-state index contributed by atoms with van der Waals surface area (Å²) < 4.78 is 15.1. The molecule has 4 aromatic rings. The van der Waals surface area contributed by atoms with Crippen LogP contribution in [0.3, 0.4) is 0 Å². The highest BCUT2D eigenvalue weighted by atomic mass is 19.1. The second-order valence-electron chi connectivity index (χ2n) is 6.75. The van der Waals surface area contributed by atoms with E-state index in [1.165, 1.54) is 23.0 Å². The van der Waals surface area contributed by atoms with Crippen molar-refractivity contribution in [3.8, 4) is 17.2 Å². The minimum Gasteiger partial charge on any atom is -0.382 e. The lowest BCUT2D eigenvalue weighted by molar-refractivity contribution is 0.618. The SMILES string of the molecule is C[C@@H](Nc1ncnc(N)c1C#N)c1cc2ccc(F)cn2c(=O)c1-c1ccccc1. The summed E-state index contributed by atoms with van der Waals surface area (Å²) in [4.78, 5) is 21.3. The molecule has 3 heterocycles. The summed E-state index contributed by atoms with van der Waals surface area (Å²) in [5, 5.41) is 12.5. The molecule has 3 aromatic heterocycles. The molecule has 1 aromatic carbocycles. The molecule has 8 heteroatoms. The van der Waals surface area contributed by atoms with Crippen LogP contribution in [0.15, 0.2) is 65.8 Å². The third-order valence-electron chi connectivity index (χ3n) is 4.84. The van der Waals surface area contributed by atoms with Crippen molar-refractivity contribution in [2.45, 2.75) is 13.0 Å². The van der Waals surface area contributed by atoms with Gasteiger partial charge in [-0.2, -0.15) is 5.26 Å². The Hall–Kier alpha value is -4.25. The van der Waals surface area contributed by atoms with Gasteiger partial charge in [0.2, 0.25) is 0 Å². The van der Waals surface area contributed by atoms with E-state index in [2.05, 4.69) is 15.3 Å². The lowest BCUT2D eigenvalue weighted by atomic mass is 9.96. The number of nitrogens with zero attached hydrogens (tertiary/aromatic N) is 4. The van der Waals surface area contributed by atoms with E-state index in [-0.39, 0.29) is 22.8 Å². The van der Waals surface area contributed by atoms with Gasteiger partial charge in [-0.25, -0.2) is 14.4 Å². The first-order valence-corrected chi connectivity index (χ1v) is 9.17. The van der Waals surface area contributed by atoms with Crippen LogP contribution in [0.25, 0.3) is 16.6 Å². The second-order valence-corrected chi connectivity index (χ2v) is 6.75. The predicted octanol–water partition coefficient (Wildman–Crippen LogP) is 3.52. The molecule has 0 aliphatic rings. The molecule has 0 spiro atoms. The Balaban J connectivity index is 1.92. The van der Waals surface area contributed by atoms with Gasteiger partial charge in [-0.1, -0.05) is 30.3 Å². The van der Waals surface area contributed by atoms with E-state index in [1.807, 2.05) is 49.4 Å². The van der Waals surface area contributed by atoms with Gasteiger partial charge in [-0.05, 0) is 36.2 Å². The highest BCUT2D eigenvalue weighted by Gasteiger charge is 2.20. The lowest BCUT2D eigenvalue weighted by Gasteiger charge is -2.20. The van der Waals surface area contributed by atoms with Gasteiger partial charge in [-0.3, -0.25) is 9.20 Å².